The van der Waals surface area contributed by atoms with Crippen LogP contribution in [0.1, 0.15) is 33.6 Å². The number of ether oxygens (including phenoxy) is 1. The van der Waals surface area contributed by atoms with Crippen LogP contribution < -0.4 is 0 Å². The maximum Gasteiger partial charge on any atom is 0.247 e. The predicted octanol–water partition coefficient (Wildman–Crippen LogP) is 1.23. The van der Waals surface area contributed by atoms with Crippen molar-refractivity contribution >= 4 is 29.5 Å². The van der Waals surface area contributed by atoms with Crippen LogP contribution in [-0.4, -0.2) is 130 Å². The number of likely N-dealkylation sites (tertiary alicyclic amines) is 1. The molecule has 5 aliphatic heterocycles. The minimum absolute atomic E-state index is 0.00790. The number of nitrogens with zero attached hydrogens (tertiary/aromatic N) is 4. The van der Waals surface area contributed by atoms with E-state index in [1.165, 1.54) is 0 Å². The molecular formula is C29H44N4O5S. The third kappa shape index (κ3) is 4.96. The number of carbonyl (C=O) groups excluding carboxylic acids is 3. The number of amides is 3. The number of aliphatic hydroxyl groups is 1. The molecule has 0 aromatic carbocycles. The van der Waals surface area contributed by atoms with Crippen molar-refractivity contribution < 1.29 is 24.2 Å². The third-order valence-electron chi connectivity index (χ3n) is 9.39. The van der Waals surface area contributed by atoms with Gasteiger partial charge in [0.2, 0.25) is 17.7 Å². The molecule has 3 amide bonds. The fourth-order valence-corrected chi connectivity index (χ4v) is 9.10. The van der Waals surface area contributed by atoms with Crippen molar-refractivity contribution in [2.45, 2.75) is 55.7 Å². The highest BCUT2D eigenvalue weighted by atomic mass is 32.2. The summed E-state index contributed by atoms with van der Waals surface area (Å²) in [5, 5.41) is 10.4. The first-order valence-corrected chi connectivity index (χ1v) is 15.6. The van der Waals surface area contributed by atoms with Crippen LogP contribution in [0.4, 0.5) is 0 Å². The lowest BCUT2D eigenvalue weighted by Crippen LogP contribution is -2.58. The molecule has 0 aliphatic carbocycles. The summed E-state index contributed by atoms with van der Waals surface area (Å²) in [6.07, 6.45) is 9.86. The third-order valence-corrected chi connectivity index (χ3v) is 11.1. The molecular weight excluding hydrogens is 516 g/mol. The van der Waals surface area contributed by atoms with E-state index in [1.807, 2.05) is 35.8 Å². The molecule has 5 rings (SSSR count). The van der Waals surface area contributed by atoms with E-state index in [-0.39, 0.29) is 35.5 Å². The Morgan fingerprint density at radius 1 is 1.03 bits per heavy atom. The minimum Gasteiger partial charge on any atom is -0.394 e. The van der Waals surface area contributed by atoms with Crippen molar-refractivity contribution in [1.29, 1.82) is 0 Å². The number of morpholine rings is 1. The smallest absolute Gasteiger partial charge is 0.247 e. The van der Waals surface area contributed by atoms with E-state index in [0.29, 0.717) is 39.4 Å². The first-order chi connectivity index (χ1) is 18.9. The lowest BCUT2D eigenvalue weighted by Gasteiger charge is -2.40. The Morgan fingerprint density at radius 3 is 2.44 bits per heavy atom. The van der Waals surface area contributed by atoms with Gasteiger partial charge in [-0.2, -0.15) is 0 Å². The lowest BCUT2D eigenvalue weighted by atomic mass is 9.78. The number of carbonyl (C=O) groups is 3. The van der Waals surface area contributed by atoms with Crippen molar-refractivity contribution in [3.05, 3.63) is 24.3 Å². The number of rotatable bonds is 9. The molecule has 0 radical (unpaired) electrons. The van der Waals surface area contributed by atoms with E-state index in [0.717, 1.165) is 32.5 Å². The van der Waals surface area contributed by atoms with Gasteiger partial charge in [0.25, 0.3) is 0 Å². The fourth-order valence-electron chi connectivity index (χ4n) is 7.11. The minimum atomic E-state index is -0.840. The average molecular weight is 561 g/mol. The highest BCUT2D eigenvalue weighted by molar-refractivity contribution is 8.02. The van der Waals surface area contributed by atoms with E-state index < -0.39 is 28.7 Å². The zero-order chi connectivity index (χ0) is 27.7. The van der Waals surface area contributed by atoms with Gasteiger partial charge in [0.1, 0.15) is 6.04 Å². The molecule has 5 aliphatic rings. The van der Waals surface area contributed by atoms with E-state index >= 15 is 0 Å². The van der Waals surface area contributed by atoms with E-state index in [2.05, 4.69) is 24.0 Å². The van der Waals surface area contributed by atoms with Gasteiger partial charge >= 0.3 is 0 Å². The normalized spacial score (nSPS) is 34.6. The molecule has 1 spiro atoms. The molecule has 1 unspecified atom stereocenters. The van der Waals surface area contributed by atoms with Crippen molar-refractivity contribution in [2.24, 2.45) is 17.8 Å². The Bertz CT molecular complexity index is 1000. The molecule has 7 atom stereocenters. The Morgan fingerprint density at radius 2 is 1.74 bits per heavy atom. The second kappa shape index (κ2) is 11.9. The molecule has 0 aromatic heterocycles. The SMILES string of the molecule is CCCN1CC=C[C@@H]2S[C@]34C=CCN(CCN5CCOCC5)C(=O)C3N([C@@H](CO)[C@@H](C)CC)C(=O)[C@@H]4[C@@H]2C1=O. The van der Waals surface area contributed by atoms with Crippen LogP contribution in [0.25, 0.3) is 0 Å². The fraction of sp³-hybridized carbons (Fsp3) is 0.759. The molecule has 1 N–H and O–H groups in total. The summed E-state index contributed by atoms with van der Waals surface area (Å²) in [4.78, 5) is 50.7. The second-order valence-electron chi connectivity index (χ2n) is 11.6. The summed E-state index contributed by atoms with van der Waals surface area (Å²) in [6, 6.07) is -1.23. The highest BCUT2D eigenvalue weighted by Crippen LogP contribution is 2.61. The molecule has 216 valence electrons. The Labute approximate surface area is 236 Å². The van der Waals surface area contributed by atoms with Crippen LogP contribution in [0.5, 0.6) is 0 Å². The maximum atomic E-state index is 14.5. The largest absolute Gasteiger partial charge is 0.394 e. The standard InChI is InChI=1S/C29H44N4O5S/c1-4-10-31-11-6-8-22-23(26(31)35)24-27(36)33(21(19-34)20(3)5-2)25-28(37)32(12-7-9-29(24,25)39-22)14-13-30-15-17-38-18-16-30/h6-9,20-25,34H,4-5,10-19H2,1-3H3/t20-,21-,22-,23+,24-,25?,29-/m0/s1. The van der Waals surface area contributed by atoms with E-state index in [4.69, 9.17) is 4.74 Å². The molecule has 3 saturated heterocycles. The van der Waals surface area contributed by atoms with Crippen LogP contribution in [0, 0.1) is 17.8 Å². The van der Waals surface area contributed by atoms with Crippen LogP contribution in [0.3, 0.4) is 0 Å². The number of hydrogen-bond acceptors (Lipinski definition) is 7. The molecule has 3 fully saturated rings. The highest BCUT2D eigenvalue weighted by Gasteiger charge is 2.71. The van der Waals surface area contributed by atoms with Gasteiger partial charge in [0.05, 0.1) is 42.4 Å². The summed E-state index contributed by atoms with van der Waals surface area (Å²) in [6.45, 7) is 12.0. The van der Waals surface area contributed by atoms with Gasteiger partial charge in [-0.25, -0.2) is 0 Å². The van der Waals surface area contributed by atoms with Crippen molar-refractivity contribution in [3.8, 4) is 0 Å². The quantitative estimate of drug-likeness (QED) is 0.424. The number of fused-ring (bicyclic) bond motifs is 2. The molecule has 0 saturated carbocycles. The van der Waals surface area contributed by atoms with Gasteiger partial charge in [-0.1, -0.05) is 51.5 Å². The number of aliphatic hydroxyl groups excluding tert-OH is 1. The molecule has 10 heteroatoms. The van der Waals surface area contributed by atoms with Crippen LogP contribution in [0.2, 0.25) is 0 Å². The van der Waals surface area contributed by atoms with Gasteiger partial charge < -0.3 is 24.5 Å². The summed E-state index contributed by atoms with van der Waals surface area (Å²) in [7, 11) is 0. The van der Waals surface area contributed by atoms with Crippen molar-refractivity contribution in [3.63, 3.8) is 0 Å². The van der Waals surface area contributed by atoms with Gasteiger partial charge in [0, 0.05) is 51.1 Å². The van der Waals surface area contributed by atoms with Gasteiger partial charge in [-0.15, -0.1) is 11.8 Å². The molecule has 5 heterocycles. The summed E-state index contributed by atoms with van der Waals surface area (Å²) >= 11 is 1.61. The van der Waals surface area contributed by atoms with Gasteiger partial charge in [-0.3, -0.25) is 19.3 Å². The monoisotopic (exact) mass is 560 g/mol. The van der Waals surface area contributed by atoms with Crippen LogP contribution in [-0.2, 0) is 19.1 Å². The summed E-state index contributed by atoms with van der Waals surface area (Å²) in [5.74, 6) is -1.37. The van der Waals surface area contributed by atoms with Gasteiger partial charge in [0.15, 0.2) is 0 Å². The lowest BCUT2D eigenvalue weighted by molar-refractivity contribution is -0.148. The van der Waals surface area contributed by atoms with Crippen molar-refractivity contribution in [2.75, 3.05) is 65.6 Å². The predicted molar refractivity (Wildman–Crippen MR) is 151 cm³/mol. The molecule has 0 bridgehead atoms. The zero-order valence-corrected chi connectivity index (χ0v) is 24.4. The Balaban J connectivity index is 1.52. The summed E-state index contributed by atoms with van der Waals surface area (Å²) in [5.41, 5.74) is 0. The topological polar surface area (TPSA) is 93.6 Å². The zero-order valence-electron chi connectivity index (χ0n) is 23.5. The molecule has 39 heavy (non-hydrogen) atoms. The Hall–Kier alpha value is -1.88. The van der Waals surface area contributed by atoms with Gasteiger partial charge in [-0.05, 0) is 12.3 Å². The summed E-state index contributed by atoms with van der Waals surface area (Å²) < 4.78 is 4.64. The average Bonchev–Trinajstić information content (AvgIpc) is 3.27. The maximum absolute atomic E-state index is 14.5. The second-order valence-corrected chi connectivity index (χ2v) is 13.1. The first-order valence-electron chi connectivity index (χ1n) is 14.7. The van der Waals surface area contributed by atoms with E-state index in [9.17, 15) is 19.5 Å². The molecule has 9 nitrogen and oxygen atoms in total. The molecule has 0 aromatic rings. The first kappa shape index (κ1) is 28.6. The van der Waals surface area contributed by atoms with Crippen LogP contribution >= 0.6 is 11.8 Å². The number of thioether (sulfide) groups is 1. The number of hydrogen-bond donors (Lipinski definition) is 1. The van der Waals surface area contributed by atoms with Crippen molar-refractivity contribution in [1.82, 2.24) is 19.6 Å². The van der Waals surface area contributed by atoms with E-state index in [1.54, 1.807) is 16.7 Å². The van der Waals surface area contributed by atoms with Crippen LogP contribution in [0.15, 0.2) is 24.3 Å². The Kier molecular flexibility index (Phi) is 8.76.